The van der Waals surface area contributed by atoms with Gasteiger partial charge in [0, 0.05) is 48.7 Å². The lowest BCUT2D eigenvalue weighted by molar-refractivity contribution is -0.131. The van der Waals surface area contributed by atoms with E-state index in [9.17, 15) is 9.18 Å². The van der Waals surface area contributed by atoms with Crippen molar-refractivity contribution in [3.8, 4) is 0 Å². The zero-order valence-corrected chi connectivity index (χ0v) is 16.3. The van der Waals surface area contributed by atoms with Gasteiger partial charge >= 0.3 is 0 Å². The fourth-order valence-corrected chi connectivity index (χ4v) is 3.88. The summed E-state index contributed by atoms with van der Waals surface area (Å²) in [6, 6.07) is 18.4. The molecule has 0 N–H and O–H groups in total. The van der Waals surface area contributed by atoms with Gasteiger partial charge in [-0.3, -0.25) is 14.8 Å². The number of hydrogen-bond donors (Lipinski definition) is 0. The molecule has 5 heteroatoms. The van der Waals surface area contributed by atoms with Gasteiger partial charge in [0.2, 0.25) is 5.91 Å². The zero-order valence-electron chi connectivity index (χ0n) is 16.3. The number of benzene rings is 1. The van der Waals surface area contributed by atoms with Crippen molar-refractivity contribution in [2.45, 2.75) is 31.6 Å². The molecule has 0 aliphatic carbocycles. The second kappa shape index (κ2) is 8.95. The predicted molar refractivity (Wildman–Crippen MR) is 110 cm³/mol. The van der Waals surface area contributed by atoms with Gasteiger partial charge in [0.1, 0.15) is 5.82 Å². The van der Waals surface area contributed by atoms with E-state index in [0.717, 1.165) is 36.5 Å². The van der Waals surface area contributed by atoms with Crippen molar-refractivity contribution < 1.29 is 9.18 Å². The molecule has 4 rings (SSSR count). The highest BCUT2D eigenvalue weighted by Gasteiger charge is 2.26. The van der Waals surface area contributed by atoms with Crippen LogP contribution in [-0.4, -0.2) is 33.9 Å². The highest BCUT2D eigenvalue weighted by molar-refractivity contribution is 5.78. The lowest BCUT2D eigenvalue weighted by atomic mass is 9.93. The number of hydrogen-bond acceptors (Lipinski definition) is 3. The van der Waals surface area contributed by atoms with Crippen LogP contribution >= 0.6 is 0 Å². The number of halogens is 1. The largest absolute Gasteiger partial charge is 0.342 e. The van der Waals surface area contributed by atoms with Crippen molar-refractivity contribution in [1.29, 1.82) is 0 Å². The number of likely N-dealkylation sites (tertiary alicyclic amines) is 1. The maximum absolute atomic E-state index is 14.0. The Balaban J connectivity index is 1.44. The first kappa shape index (κ1) is 19.2. The molecule has 1 aliphatic heterocycles. The molecule has 1 saturated heterocycles. The number of piperidine rings is 1. The summed E-state index contributed by atoms with van der Waals surface area (Å²) in [7, 11) is 0. The van der Waals surface area contributed by atoms with Crippen LogP contribution in [-0.2, 0) is 17.6 Å². The van der Waals surface area contributed by atoms with Crippen molar-refractivity contribution in [1.82, 2.24) is 14.9 Å². The minimum atomic E-state index is -0.205. The van der Waals surface area contributed by atoms with Crippen molar-refractivity contribution in [2.24, 2.45) is 0 Å². The molecule has 29 heavy (non-hydrogen) atoms. The standard InChI is InChI=1S/C24H24FN3O/c25-22-11-2-1-7-18(22)15-21-10-5-12-23(27-21)19-8-6-14-28(17-19)24(29)16-20-9-3-4-13-26-20/h1-5,7,9-13,19H,6,8,14-17H2/t19-/m1/s1. The molecule has 4 nitrogen and oxygen atoms in total. The number of carbonyl (C=O) groups is 1. The molecule has 0 spiro atoms. The molecule has 3 heterocycles. The Kier molecular flexibility index (Phi) is 5.94. The third-order valence-electron chi connectivity index (χ3n) is 5.41. The lowest BCUT2D eigenvalue weighted by Gasteiger charge is -2.32. The highest BCUT2D eigenvalue weighted by Crippen LogP contribution is 2.26. The van der Waals surface area contributed by atoms with Crippen molar-refractivity contribution in [2.75, 3.05) is 13.1 Å². The third-order valence-corrected chi connectivity index (χ3v) is 5.41. The normalized spacial score (nSPS) is 16.6. The summed E-state index contributed by atoms with van der Waals surface area (Å²) in [4.78, 5) is 23.7. The quantitative estimate of drug-likeness (QED) is 0.658. The van der Waals surface area contributed by atoms with Gasteiger partial charge in [0.15, 0.2) is 0 Å². The van der Waals surface area contributed by atoms with Crippen LogP contribution < -0.4 is 0 Å². The average Bonchev–Trinajstić information content (AvgIpc) is 2.76. The van der Waals surface area contributed by atoms with E-state index in [1.807, 2.05) is 47.4 Å². The van der Waals surface area contributed by atoms with Crippen molar-refractivity contribution >= 4 is 5.91 Å². The minimum absolute atomic E-state index is 0.107. The minimum Gasteiger partial charge on any atom is -0.342 e. The van der Waals surface area contributed by atoms with Crippen LogP contribution in [0.5, 0.6) is 0 Å². The monoisotopic (exact) mass is 389 g/mol. The first-order valence-corrected chi connectivity index (χ1v) is 10.1. The summed E-state index contributed by atoms with van der Waals surface area (Å²) in [5.74, 6) is 0.108. The summed E-state index contributed by atoms with van der Waals surface area (Å²) in [5, 5.41) is 0. The molecule has 1 atom stereocenters. The fourth-order valence-electron chi connectivity index (χ4n) is 3.88. The first-order chi connectivity index (χ1) is 14.2. The Morgan fingerprint density at radius 1 is 1.03 bits per heavy atom. The number of nitrogens with zero attached hydrogens (tertiary/aromatic N) is 3. The first-order valence-electron chi connectivity index (χ1n) is 10.1. The van der Waals surface area contributed by atoms with Crippen molar-refractivity contribution in [3.63, 3.8) is 0 Å². The van der Waals surface area contributed by atoms with Crippen LogP contribution in [0.2, 0.25) is 0 Å². The predicted octanol–water partition coefficient (Wildman–Crippen LogP) is 4.16. The van der Waals surface area contributed by atoms with Crippen LogP contribution in [0.25, 0.3) is 0 Å². The average molecular weight is 389 g/mol. The second-order valence-corrected chi connectivity index (χ2v) is 7.50. The zero-order chi connectivity index (χ0) is 20.1. The summed E-state index contributed by atoms with van der Waals surface area (Å²) in [5.41, 5.74) is 3.27. The van der Waals surface area contributed by atoms with E-state index in [2.05, 4.69) is 4.98 Å². The molecule has 1 fully saturated rings. The van der Waals surface area contributed by atoms with E-state index in [1.165, 1.54) is 6.07 Å². The molecule has 0 bridgehead atoms. The Morgan fingerprint density at radius 2 is 1.86 bits per heavy atom. The summed E-state index contributed by atoms with van der Waals surface area (Å²) in [6.07, 6.45) is 4.47. The smallest absolute Gasteiger partial charge is 0.228 e. The Labute approximate surface area is 170 Å². The van der Waals surface area contributed by atoms with Crippen LogP contribution in [0.1, 0.15) is 41.4 Å². The summed E-state index contributed by atoms with van der Waals surface area (Å²) >= 11 is 0. The van der Waals surface area contributed by atoms with Gasteiger partial charge in [-0.25, -0.2) is 4.39 Å². The van der Waals surface area contributed by atoms with E-state index in [4.69, 9.17) is 4.98 Å². The fraction of sp³-hybridized carbons (Fsp3) is 0.292. The third kappa shape index (κ3) is 4.86. The molecule has 1 aliphatic rings. The van der Waals surface area contributed by atoms with E-state index < -0.39 is 0 Å². The molecule has 0 saturated carbocycles. The molecule has 0 unspecified atom stereocenters. The topological polar surface area (TPSA) is 46.1 Å². The van der Waals surface area contributed by atoms with Gasteiger partial charge in [-0.2, -0.15) is 0 Å². The Hall–Kier alpha value is -3.08. The number of pyridine rings is 2. The van der Waals surface area contributed by atoms with Gasteiger partial charge < -0.3 is 4.90 Å². The Morgan fingerprint density at radius 3 is 2.69 bits per heavy atom. The number of aromatic nitrogens is 2. The molecular weight excluding hydrogens is 365 g/mol. The molecular formula is C24H24FN3O. The molecule has 1 amide bonds. The molecule has 0 radical (unpaired) electrons. The number of amides is 1. The Bertz CT molecular complexity index is 977. The summed E-state index contributed by atoms with van der Waals surface area (Å²) < 4.78 is 14.0. The lowest BCUT2D eigenvalue weighted by Crippen LogP contribution is -2.40. The molecule has 148 valence electrons. The van der Waals surface area contributed by atoms with Gasteiger partial charge in [-0.15, -0.1) is 0 Å². The SMILES string of the molecule is O=C(Cc1ccccn1)N1CCC[C@@H](c2cccc(Cc3ccccc3F)n2)C1. The van der Waals surface area contributed by atoms with E-state index in [0.29, 0.717) is 24.9 Å². The van der Waals surface area contributed by atoms with E-state index in [-0.39, 0.29) is 17.6 Å². The highest BCUT2D eigenvalue weighted by atomic mass is 19.1. The van der Waals surface area contributed by atoms with Gasteiger partial charge in [-0.05, 0) is 48.7 Å². The molecule has 1 aromatic carbocycles. The number of rotatable bonds is 5. The summed E-state index contributed by atoms with van der Waals surface area (Å²) in [6.45, 7) is 1.44. The maximum atomic E-state index is 14.0. The maximum Gasteiger partial charge on any atom is 0.228 e. The van der Waals surface area contributed by atoms with Gasteiger partial charge in [0.05, 0.1) is 6.42 Å². The van der Waals surface area contributed by atoms with E-state index >= 15 is 0 Å². The van der Waals surface area contributed by atoms with Gasteiger partial charge in [-0.1, -0.05) is 30.3 Å². The van der Waals surface area contributed by atoms with Crippen LogP contribution in [0.4, 0.5) is 4.39 Å². The number of carbonyl (C=O) groups excluding carboxylic acids is 1. The second-order valence-electron chi connectivity index (χ2n) is 7.50. The van der Waals surface area contributed by atoms with Crippen molar-refractivity contribution in [3.05, 3.63) is 95.3 Å². The van der Waals surface area contributed by atoms with Crippen LogP contribution in [0.3, 0.4) is 0 Å². The molecule has 2 aromatic heterocycles. The van der Waals surface area contributed by atoms with E-state index in [1.54, 1.807) is 18.3 Å². The van der Waals surface area contributed by atoms with Crippen LogP contribution in [0.15, 0.2) is 66.9 Å². The van der Waals surface area contributed by atoms with Gasteiger partial charge in [0.25, 0.3) is 0 Å². The molecule has 3 aromatic rings. The van der Waals surface area contributed by atoms with Crippen LogP contribution in [0, 0.1) is 5.82 Å².